The third-order valence-corrected chi connectivity index (χ3v) is 4.53. The number of nitrogens with zero attached hydrogens (tertiary/aromatic N) is 3. The molecule has 0 aliphatic carbocycles. The van der Waals surface area contributed by atoms with Crippen LogP contribution in [-0.2, 0) is 7.05 Å². The molecule has 2 unspecified atom stereocenters. The summed E-state index contributed by atoms with van der Waals surface area (Å²) in [5, 5.41) is 3.63. The van der Waals surface area contributed by atoms with E-state index in [2.05, 4.69) is 17.2 Å². The van der Waals surface area contributed by atoms with Crippen LogP contribution >= 0.6 is 0 Å². The lowest BCUT2D eigenvalue weighted by atomic mass is 9.98. The van der Waals surface area contributed by atoms with Crippen molar-refractivity contribution in [2.24, 2.45) is 7.05 Å². The number of carbonyl (C=O) groups is 1. The van der Waals surface area contributed by atoms with E-state index in [0.29, 0.717) is 23.8 Å². The maximum absolute atomic E-state index is 12.6. The van der Waals surface area contributed by atoms with Crippen LogP contribution in [0.2, 0.25) is 0 Å². The van der Waals surface area contributed by atoms with Gasteiger partial charge in [0.25, 0.3) is 5.91 Å². The van der Waals surface area contributed by atoms with Gasteiger partial charge in [-0.3, -0.25) is 4.79 Å². The maximum atomic E-state index is 12.6. The molecular formula is C14H22N4O. The minimum atomic E-state index is 0.119. The number of amides is 1. The van der Waals surface area contributed by atoms with Crippen molar-refractivity contribution in [3.63, 3.8) is 0 Å². The summed E-state index contributed by atoms with van der Waals surface area (Å²) in [6.07, 6.45) is 8.06. The van der Waals surface area contributed by atoms with E-state index in [0.717, 1.165) is 19.4 Å². The normalized spacial score (nSPS) is 29.5. The summed E-state index contributed by atoms with van der Waals surface area (Å²) in [6.45, 7) is 2.84. The van der Waals surface area contributed by atoms with E-state index in [4.69, 9.17) is 0 Å². The first-order valence-electron chi connectivity index (χ1n) is 7.22. The summed E-state index contributed by atoms with van der Waals surface area (Å²) in [4.78, 5) is 18.7. The van der Waals surface area contributed by atoms with Crippen molar-refractivity contribution in [1.82, 2.24) is 19.8 Å². The van der Waals surface area contributed by atoms with Gasteiger partial charge < -0.3 is 14.8 Å². The molecule has 0 spiro atoms. The number of hydrogen-bond acceptors (Lipinski definition) is 3. The lowest BCUT2D eigenvalue weighted by Crippen LogP contribution is -2.50. The lowest BCUT2D eigenvalue weighted by Gasteiger charge is -2.37. The first-order valence-corrected chi connectivity index (χ1v) is 7.22. The molecule has 2 aliphatic rings. The molecule has 2 fully saturated rings. The van der Waals surface area contributed by atoms with Crippen LogP contribution in [-0.4, -0.2) is 45.0 Å². The predicted molar refractivity (Wildman–Crippen MR) is 72.9 cm³/mol. The Labute approximate surface area is 114 Å². The van der Waals surface area contributed by atoms with Gasteiger partial charge in [-0.25, -0.2) is 4.98 Å². The molecule has 0 aromatic carbocycles. The second-order valence-electron chi connectivity index (χ2n) is 5.74. The summed E-state index contributed by atoms with van der Waals surface area (Å²) < 4.78 is 1.81. The van der Waals surface area contributed by atoms with Gasteiger partial charge in [0.15, 0.2) is 0 Å². The smallest absolute Gasteiger partial charge is 0.272 e. The zero-order chi connectivity index (χ0) is 13.4. The molecule has 5 nitrogen and oxygen atoms in total. The number of nitrogens with one attached hydrogen (secondary N) is 1. The van der Waals surface area contributed by atoms with E-state index in [1.807, 2.05) is 11.9 Å². The zero-order valence-electron chi connectivity index (χ0n) is 11.7. The Morgan fingerprint density at radius 2 is 2.16 bits per heavy atom. The van der Waals surface area contributed by atoms with Crippen LogP contribution < -0.4 is 5.32 Å². The Morgan fingerprint density at radius 1 is 1.47 bits per heavy atom. The molecule has 19 heavy (non-hydrogen) atoms. The van der Waals surface area contributed by atoms with Gasteiger partial charge in [0.1, 0.15) is 5.69 Å². The molecule has 2 saturated heterocycles. The Kier molecular flexibility index (Phi) is 3.31. The second kappa shape index (κ2) is 4.96. The quantitative estimate of drug-likeness (QED) is 0.889. The fraction of sp³-hybridized carbons (Fsp3) is 0.714. The standard InChI is InChI=1S/C14H22N4O/c1-3-18(14(19)13-8-15-9-17(13)2)12-6-10-4-5-11(7-12)16-10/h8-12,16H,3-7H2,1-2H3. The van der Waals surface area contributed by atoms with Gasteiger partial charge in [-0.2, -0.15) is 0 Å². The fourth-order valence-corrected chi connectivity index (χ4v) is 3.56. The zero-order valence-corrected chi connectivity index (χ0v) is 11.7. The molecule has 2 atom stereocenters. The van der Waals surface area contributed by atoms with E-state index in [1.165, 1.54) is 12.8 Å². The highest BCUT2D eigenvalue weighted by atomic mass is 16.2. The van der Waals surface area contributed by atoms with Crippen molar-refractivity contribution in [3.05, 3.63) is 18.2 Å². The van der Waals surface area contributed by atoms with Crippen LogP contribution in [0.5, 0.6) is 0 Å². The van der Waals surface area contributed by atoms with Crippen LogP contribution in [0, 0.1) is 0 Å². The molecule has 3 rings (SSSR count). The van der Waals surface area contributed by atoms with Gasteiger partial charge in [-0.05, 0) is 32.6 Å². The third kappa shape index (κ3) is 2.27. The van der Waals surface area contributed by atoms with E-state index in [-0.39, 0.29) is 5.91 Å². The summed E-state index contributed by atoms with van der Waals surface area (Å²) in [7, 11) is 1.88. The topological polar surface area (TPSA) is 50.2 Å². The number of hydrogen-bond donors (Lipinski definition) is 1. The van der Waals surface area contributed by atoms with Crippen molar-refractivity contribution in [2.45, 2.75) is 50.7 Å². The molecule has 2 aliphatic heterocycles. The van der Waals surface area contributed by atoms with E-state index >= 15 is 0 Å². The highest BCUT2D eigenvalue weighted by Crippen LogP contribution is 2.30. The van der Waals surface area contributed by atoms with Gasteiger partial charge in [0.05, 0.1) is 12.5 Å². The number of aromatic nitrogens is 2. The van der Waals surface area contributed by atoms with Gasteiger partial charge >= 0.3 is 0 Å². The fourth-order valence-electron chi connectivity index (χ4n) is 3.56. The monoisotopic (exact) mass is 262 g/mol. The van der Waals surface area contributed by atoms with Crippen LogP contribution in [0.4, 0.5) is 0 Å². The molecule has 0 radical (unpaired) electrons. The number of imidazole rings is 1. The van der Waals surface area contributed by atoms with E-state index in [9.17, 15) is 4.79 Å². The molecule has 1 amide bonds. The van der Waals surface area contributed by atoms with Crippen LogP contribution in [0.25, 0.3) is 0 Å². The Hall–Kier alpha value is -1.36. The van der Waals surface area contributed by atoms with Crippen molar-refractivity contribution in [1.29, 1.82) is 0 Å². The number of rotatable bonds is 3. The molecule has 104 valence electrons. The van der Waals surface area contributed by atoms with Crippen molar-refractivity contribution in [3.8, 4) is 0 Å². The second-order valence-corrected chi connectivity index (χ2v) is 5.74. The number of fused-ring (bicyclic) bond motifs is 2. The molecule has 0 saturated carbocycles. The highest BCUT2D eigenvalue weighted by Gasteiger charge is 2.37. The molecule has 5 heteroatoms. The first-order chi connectivity index (χ1) is 9.19. The highest BCUT2D eigenvalue weighted by molar-refractivity contribution is 5.92. The van der Waals surface area contributed by atoms with Gasteiger partial charge in [-0.1, -0.05) is 0 Å². The van der Waals surface area contributed by atoms with Gasteiger partial charge in [0.2, 0.25) is 0 Å². The average Bonchev–Trinajstić information content (AvgIpc) is 2.96. The molecule has 3 heterocycles. The van der Waals surface area contributed by atoms with Crippen molar-refractivity contribution in [2.75, 3.05) is 6.54 Å². The lowest BCUT2D eigenvalue weighted by molar-refractivity contribution is 0.0621. The van der Waals surface area contributed by atoms with Crippen molar-refractivity contribution < 1.29 is 4.79 Å². The minimum absolute atomic E-state index is 0.119. The van der Waals surface area contributed by atoms with Crippen molar-refractivity contribution >= 4 is 5.91 Å². The van der Waals surface area contributed by atoms with E-state index in [1.54, 1.807) is 17.1 Å². The summed E-state index contributed by atoms with van der Waals surface area (Å²) in [5.74, 6) is 0.119. The summed E-state index contributed by atoms with van der Waals surface area (Å²) in [6, 6.07) is 1.60. The molecule has 1 aromatic rings. The van der Waals surface area contributed by atoms with Gasteiger partial charge in [-0.15, -0.1) is 0 Å². The van der Waals surface area contributed by atoms with E-state index < -0.39 is 0 Å². The minimum Gasteiger partial charge on any atom is -0.335 e. The number of carbonyl (C=O) groups excluding carboxylic acids is 1. The summed E-state index contributed by atoms with van der Waals surface area (Å²) >= 11 is 0. The first kappa shape index (κ1) is 12.7. The van der Waals surface area contributed by atoms with Crippen LogP contribution in [0.15, 0.2) is 12.5 Å². The van der Waals surface area contributed by atoms with Gasteiger partial charge in [0, 0.05) is 31.7 Å². The van der Waals surface area contributed by atoms with Crippen LogP contribution in [0.1, 0.15) is 43.1 Å². The largest absolute Gasteiger partial charge is 0.335 e. The SMILES string of the molecule is CCN(C(=O)c1cncn1C)C1CC2CCC(C1)N2. The molecule has 1 N–H and O–H groups in total. The average molecular weight is 262 g/mol. The molecule has 1 aromatic heterocycles. The maximum Gasteiger partial charge on any atom is 0.272 e. The number of aryl methyl sites for hydroxylation is 1. The Morgan fingerprint density at radius 3 is 2.68 bits per heavy atom. The van der Waals surface area contributed by atoms with Crippen LogP contribution in [0.3, 0.4) is 0 Å². The predicted octanol–water partition coefficient (Wildman–Crippen LogP) is 1.17. The Balaban J connectivity index is 1.77. The number of piperidine rings is 1. The third-order valence-electron chi connectivity index (χ3n) is 4.53. The summed E-state index contributed by atoms with van der Waals surface area (Å²) in [5.41, 5.74) is 0.688. The molecule has 2 bridgehead atoms. The Bertz CT molecular complexity index is 458. The molecular weight excluding hydrogens is 240 g/mol.